The lowest BCUT2D eigenvalue weighted by atomic mass is 10.3. The minimum Gasteiger partial charge on any atom is -0.493 e. The fourth-order valence-electron chi connectivity index (χ4n) is 1.92. The topological polar surface area (TPSA) is 81.9 Å². The first kappa shape index (κ1) is 16.3. The second kappa shape index (κ2) is 7.26. The van der Waals surface area contributed by atoms with Crippen LogP contribution in [0.5, 0.6) is 11.5 Å². The molecule has 0 bridgehead atoms. The molecule has 0 aromatic heterocycles. The second-order valence-corrected chi connectivity index (χ2v) is 4.67. The van der Waals surface area contributed by atoms with Crippen LogP contribution in [0.15, 0.2) is 48.5 Å². The third-order valence-corrected chi connectivity index (χ3v) is 3.23. The number of anilines is 1. The number of methoxy groups -OCH3 is 1. The van der Waals surface area contributed by atoms with Crippen molar-refractivity contribution in [3.05, 3.63) is 58.6 Å². The van der Waals surface area contributed by atoms with Gasteiger partial charge in [0.25, 0.3) is 11.6 Å². The molecule has 0 saturated heterocycles. The van der Waals surface area contributed by atoms with E-state index in [-0.39, 0.29) is 24.0 Å². The summed E-state index contributed by atoms with van der Waals surface area (Å²) in [6, 6.07) is 13.1. The molecular formula is C16H16N2O5. The van der Waals surface area contributed by atoms with E-state index in [1.165, 1.54) is 30.2 Å². The Morgan fingerprint density at radius 3 is 2.48 bits per heavy atom. The Balaban J connectivity index is 2.09. The molecule has 1 amide bonds. The smallest absolute Gasteiger partial charge is 0.273 e. The van der Waals surface area contributed by atoms with E-state index in [4.69, 9.17) is 9.47 Å². The fraction of sp³-hybridized carbons (Fsp3) is 0.188. The number of carbonyl (C=O) groups excluding carboxylic acids is 1. The Morgan fingerprint density at radius 1 is 1.17 bits per heavy atom. The maximum absolute atomic E-state index is 12.2. The Hall–Kier alpha value is -3.09. The van der Waals surface area contributed by atoms with Crippen LogP contribution in [-0.2, 0) is 4.79 Å². The lowest BCUT2D eigenvalue weighted by molar-refractivity contribution is -0.385. The predicted molar refractivity (Wildman–Crippen MR) is 85.0 cm³/mol. The quantitative estimate of drug-likeness (QED) is 0.604. The fourth-order valence-corrected chi connectivity index (χ4v) is 1.92. The first-order chi connectivity index (χ1) is 11.0. The summed E-state index contributed by atoms with van der Waals surface area (Å²) >= 11 is 0. The number of amides is 1. The van der Waals surface area contributed by atoms with E-state index in [2.05, 4.69) is 0 Å². The number of nitro groups is 1. The molecule has 0 fully saturated rings. The van der Waals surface area contributed by atoms with Gasteiger partial charge in [-0.25, -0.2) is 0 Å². The number of rotatable bonds is 6. The summed E-state index contributed by atoms with van der Waals surface area (Å²) in [5, 5.41) is 10.8. The van der Waals surface area contributed by atoms with Gasteiger partial charge < -0.3 is 14.4 Å². The van der Waals surface area contributed by atoms with E-state index in [9.17, 15) is 14.9 Å². The first-order valence-electron chi connectivity index (χ1n) is 6.79. The van der Waals surface area contributed by atoms with Crippen molar-refractivity contribution in [3.63, 3.8) is 0 Å². The molecule has 23 heavy (non-hydrogen) atoms. The van der Waals surface area contributed by atoms with Crippen molar-refractivity contribution in [3.8, 4) is 11.5 Å². The molecule has 0 saturated carbocycles. The van der Waals surface area contributed by atoms with Gasteiger partial charge in [0.05, 0.1) is 18.1 Å². The zero-order chi connectivity index (χ0) is 16.8. The maximum Gasteiger partial charge on any atom is 0.273 e. The number of nitro benzene ring substituents is 1. The van der Waals surface area contributed by atoms with E-state index in [0.717, 1.165) is 5.69 Å². The van der Waals surface area contributed by atoms with Crippen molar-refractivity contribution in [2.45, 2.75) is 0 Å². The molecule has 0 atom stereocenters. The molecule has 120 valence electrons. The first-order valence-corrected chi connectivity index (χ1v) is 6.79. The molecule has 2 aromatic rings. The van der Waals surface area contributed by atoms with Crippen molar-refractivity contribution in [2.75, 3.05) is 25.7 Å². The van der Waals surface area contributed by atoms with Crippen molar-refractivity contribution < 1.29 is 19.2 Å². The molecule has 0 unspecified atom stereocenters. The third-order valence-electron chi connectivity index (χ3n) is 3.23. The van der Waals surface area contributed by atoms with Crippen LogP contribution in [0, 0.1) is 10.1 Å². The summed E-state index contributed by atoms with van der Waals surface area (Å²) < 4.78 is 10.5. The van der Waals surface area contributed by atoms with Gasteiger partial charge in [0.2, 0.25) is 0 Å². The van der Waals surface area contributed by atoms with Crippen molar-refractivity contribution in [2.24, 2.45) is 0 Å². The zero-order valence-electron chi connectivity index (χ0n) is 12.8. The predicted octanol–water partition coefficient (Wildman–Crippen LogP) is 2.65. The normalized spacial score (nSPS) is 10.0. The minimum atomic E-state index is -0.537. The Labute approximate surface area is 133 Å². The molecule has 0 aliphatic heterocycles. The number of ether oxygens (including phenoxy) is 2. The Bertz CT molecular complexity index is 703. The molecule has 0 N–H and O–H groups in total. The number of hydrogen-bond donors (Lipinski definition) is 0. The molecule has 0 radical (unpaired) electrons. The molecule has 2 aromatic carbocycles. The van der Waals surface area contributed by atoms with Gasteiger partial charge in [-0.3, -0.25) is 14.9 Å². The molecule has 2 rings (SSSR count). The molecular weight excluding hydrogens is 300 g/mol. The minimum absolute atomic E-state index is 0.135. The molecule has 0 heterocycles. The lowest BCUT2D eigenvalue weighted by Crippen LogP contribution is -2.31. The molecule has 0 aliphatic rings. The van der Waals surface area contributed by atoms with Gasteiger partial charge in [-0.1, -0.05) is 18.2 Å². The summed E-state index contributed by atoms with van der Waals surface area (Å²) in [5.41, 5.74) is 0.594. The standard InChI is InChI=1S/C16H16N2O5/c1-17(12-6-4-3-5-7-12)16(19)11-23-15-10-13(18(20)21)8-9-14(15)22-2/h3-10H,11H2,1-2H3. The number of carbonyl (C=O) groups is 1. The number of para-hydroxylation sites is 1. The average molecular weight is 316 g/mol. The van der Waals surface area contributed by atoms with Crippen molar-refractivity contribution >= 4 is 17.3 Å². The number of hydrogen-bond acceptors (Lipinski definition) is 5. The van der Waals surface area contributed by atoms with Gasteiger partial charge >= 0.3 is 0 Å². The largest absolute Gasteiger partial charge is 0.493 e. The van der Waals surface area contributed by atoms with Crippen LogP contribution < -0.4 is 14.4 Å². The molecule has 0 spiro atoms. The van der Waals surface area contributed by atoms with E-state index < -0.39 is 4.92 Å². The third kappa shape index (κ3) is 3.97. The monoisotopic (exact) mass is 316 g/mol. The highest BCUT2D eigenvalue weighted by Crippen LogP contribution is 2.31. The maximum atomic E-state index is 12.2. The molecule has 7 heteroatoms. The second-order valence-electron chi connectivity index (χ2n) is 4.67. The van der Waals surface area contributed by atoms with Gasteiger partial charge in [-0.15, -0.1) is 0 Å². The molecule has 0 aliphatic carbocycles. The van der Waals surface area contributed by atoms with Crippen LogP contribution in [0.1, 0.15) is 0 Å². The summed E-state index contributed by atoms with van der Waals surface area (Å²) in [7, 11) is 3.05. The van der Waals surface area contributed by atoms with E-state index in [1.807, 2.05) is 18.2 Å². The summed E-state index contributed by atoms with van der Waals surface area (Å²) in [5.74, 6) is 0.187. The van der Waals surface area contributed by atoms with Gasteiger partial charge in [0, 0.05) is 18.8 Å². The molecule has 7 nitrogen and oxygen atoms in total. The Kier molecular flexibility index (Phi) is 5.14. The van der Waals surface area contributed by atoms with Crippen LogP contribution >= 0.6 is 0 Å². The SMILES string of the molecule is COc1ccc([N+](=O)[O-])cc1OCC(=O)N(C)c1ccccc1. The van der Waals surface area contributed by atoms with Gasteiger partial charge in [0.15, 0.2) is 18.1 Å². The highest BCUT2D eigenvalue weighted by molar-refractivity contribution is 5.93. The summed E-state index contributed by atoms with van der Waals surface area (Å²) in [6.07, 6.45) is 0. The van der Waals surface area contributed by atoms with Crippen LogP contribution in [0.25, 0.3) is 0 Å². The van der Waals surface area contributed by atoms with E-state index >= 15 is 0 Å². The van der Waals surface area contributed by atoms with Crippen LogP contribution in [0.4, 0.5) is 11.4 Å². The van der Waals surface area contributed by atoms with Crippen LogP contribution in [-0.4, -0.2) is 31.6 Å². The van der Waals surface area contributed by atoms with E-state index in [0.29, 0.717) is 5.75 Å². The van der Waals surface area contributed by atoms with Gasteiger partial charge in [-0.2, -0.15) is 0 Å². The lowest BCUT2D eigenvalue weighted by Gasteiger charge is -2.18. The highest BCUT2D eigenvalue weighted by Gasteiger charge is 2.16. The summed E-state index contributed by atoms with van der Waals surface area (Å²) in [4.78, 5) is 23.9. The van der Waals surface area contributed by atoms with Crippen LogP contribution in [0.3, 0.4) is 0 Å². The van der Waals surface area contributed by atoms with E-state index in [1.54, 1.807) is 19.2 Å². The van der Waals surface area contributed by atoms with Gasteiger partial charge in [-0.05, 0) is 18.2 Å². The van der Waals surface area contributed by atoms with Crippen molar-refractivity contribution in [1.29, 1.82) is 0 Å². The Morgan fingerprint density at radius 2 is 1.87 bits per heavy atom. The zero-order valence-corrected chi connectivity index (χ0v) is 12.8. The summed E-state index contributed by atoms with van der Waals surface area (Å²) in [6.45, 7) is -0.261. The average Bonchev–Trinajstić information content (AvgIpc) is 2.59. The van der Waals surface area contributed by atoms with Crippen molar-refractivity contribution in [1.82, 2.24) is 0 Å². The number of nitrogens with zero attached hydrogens (tertiary/aromatic N) is 2. The number of non-ortho nitro benzene ring substituents is 1. The van der Waals surface area contributed by atoms with Crippen LogP contribution in [0.2, 0.25) is 0 Å². The van der Waals surface area contributed by atoms with Gasteiger partial charge in [0.1, 0.15) is 0 Å². The number of likely N-dealkylation sites (N-methyl/N-ethyl adjacent to an activating group) is 1. The highest BCUT2D eigenvalue weighted by atomic mass is 16.6. The number of benzene rings is 2.